The Morgan fingerprint density at radius 3 is 2.31 bits per heavy atom. The number of carbonyl (C=O) groups excluding carboxylic acids is 3. The van der Waals surface area contributed by atoms with Gasteiger partial charge in [-0.2, -0.15) is 5.10 Å². The summed E-state index contributed by atoms with van der Waals surface area (Å²) in [4.78, 5) is 36.6. The van der Waals surface area contributed by atoms with Crippen molar-refractivity contribution in [2.24, 2.45) is 5.10 Å². The average Bonchev–Trinajstić information content (AvgIpc) is 2.87. The number of halogens is 1. The second-order valence-corrected chi connectivity index (χ2v) is 7.53. The first-order valence-electron chi connectivity index (χ1n) is 11.0. The van der Waals surface area contributed by atoms with Crippen LogP contribution in [-0.4, -0.2) is 37.2 Å². The van der Waals surface area contributed by atoms with Crippen molar-refractivity contribution < 1.29 is 28.6 Å². The lowest BCUT2D eigenvalue weighted by Gasteiger charge is -2.11. The Morgan fingerprint density at radius 1 is 0.889 bits per heavy atom. The third-order valence-electron chi connectivity index (χ3n) is 4.58. The molecule has 0 aliphatic rings. The fourth-order valence-electron chi connectivity index (χ4n) is 2.93. The quantitative estimate of drug-likeness (QED) is 0.145. The van der Waals surface area contributed by atoms with Gasteiger partial charge in [-0.1, -0.05) is 23.7 Å². The van der Waals surface area contributed by atoms with E-state index >= 15 is 0 Å². The molecule has 2 N–H and O–H groups in total. The highest BCUT2D eigenvalue weighted by molar-refractivity contribution is 6.41. The van der Waals surface area contributed by atoms with E-state index in [1.54, 1.807) is 73.7 Å². The number of anilines is 1. The first-order chi connectivity index (χ1) is 17.4. The third-order valence-corrected chi connectivity index (χ3v) is 4.91. The Bertz CT molecular complexity index is 1260. The van der Waals surface area contributed by atoms with Crippen LogP contribution in [0.1, 0.15) is 29.8 Å². The smallest absolute Gasteiger partial charge is 0.343 e. The Kier molecular flexibility index (Phi) is 9.41. The molecular weight excluding hydrogens is 486 g/mol. The average molecular weight is 510 g/mol. The second kappa shape index (κ2) is 12.9. The van der Waals surface area contributed by atoms with Crippen molar-refractivity contribution >= 4 is 41.3 Å². The summed E-state index contributed by atoms with van der Waals surface area (Å²) >= 11 is 5.97. The number of nitrogens with one attached hydrogen (secondary N) is 2. The number of hydrazone groups is 1. The van der Waals surface area contributed by atoms with Crippen LogP contribution in [0.5, 0.6) is 17.2 Å². The van der Waals surface area contributed by atoms with Crippen molar-refractivity contribution in [1.29, 1.82) is 0 Å². The van der Waals surface area contributed by atoms with E-state index in [4.69, 9.17) is 25.8 Å². The zero-order valence-corrected chi connectivity index (χ0v) is 20.4. The Labute approximate surface area is 213 Å². The van der Waals surface area contributed by atoms with Gasteiger partial charge in [-0.25, -0.2) is 10.2 Å². The van der Waals surface area contributed by atoms with E-state index in [0.717, 1.165) is 0 Å². The van der Waals surface area contributed by atoms with Crippen molar-refractivity contribution in [3.05, 3.63) is 82.9 Å². The Morgan fingerprint density at radius 2 is 1.61 bits per heavy atom. The summed E-state index contributed by atoms with van der Waals surface area (Å²) in [6.45, 7) is 4.51. The molecule has 0 heterocycles. The summed E-state index contributed by atoms with van der Waals surface area (Å²) < 4.78 is 16.5. The number of ether oxygens (including phenoxy) is 3. The summed E-state index contributed by atoms with van der Waals surface area (Å²) in [6, 6.07) is 17.9. The van der Waals surface area contributed by atoms with E-state index in [2.05, 4.69) is 15.8 Å². The maximum atomic E-state index is 12.5. The summed E-state index contributed by atoms with van der Waals surface area (Å²) in [5, 5.41) is 6.50. The number of esters is 1. The Hall–Kier alpha value is -4.37. The van der Waals surface area contributed by atoms with E-state index in [0.29, 0.717) is 46.5 Å². The standard InChI is InChI=1S/C26H24ClN3O6/c1-3-34-19-12-10-18(11-13-19)26(33)36-22-14-9-17(15-23(22)35-4-2)16-28-30-25(32)24(31)29-21-8-6-5-7-20(21)27/h5-16H,3-4H2,1-2H3,(H,29,31)(H,30,32)/b28-16+. The van der Waals surface area contributed by atoms with Crippen LogP contribution in [0.3, 0.4) is 0 Å². The van der Waals surface area contributed by atoms with Crippen LogP contribution in [0, 0.1) is 0 Å². The molecule has 0 saturated carbocycles. The van der Waals surface area contributed by atoms with Gasteiger partial charge in [0.15, 0.2) is 11.5 Å². The fourth-order valence-corrected chi connectivity index (χ4v) is 3.11. The molecule has 0 unspecified atom stereocenters. The molecular formula is C26H24ClN3O6. The highest BCUT2D eigenvalue weighted by Gasteiger charge is 2.15. The topological polar surface area (TPSA) is 115 Å². The molecule has 0 radical (unpaired) electrons. The normalized spacial score (nSPS) is 10.5. The molecule has 3 aromatic rings. The highest BCUT2D eigenvalue weighted by atomic mass is 35.5. The van der Waals surface area contributed by atoms with Crippen molar-refractivity contribution in [3.63, 3.8) is 0 Å². The number of hydrogen-bond acceptors (Lipinski definition) is 7. The number of rotatable bonds is 9. The van der Waals surface area contributed by atoms with Gasteiger partial charge in [0, 0.05) is 0 Å². The summed E-state index contributed by atoms with van der Waals surface area (Å²) in [5.74, 6) is -1.28. The predicted octanol–water partition coefficient (Wildman–Crippen LogP) is 4.45. The first kappa shape index (κ1) is 26.2. The van der Waals surface area contributed by atoms with Crippen LogP contribution < -0.4 is 25.0 Å². The number of carbonyl (C=O) groups is 3. The van der Waals surface area contributed by atoms with Crippen LogP contribution in [0.25, 0.3) is 0 Å². The molecule has 0 aromatic heterocycles. The fraction of sp³-hybridized carbons (Fsp3) is 0.154. The number of benzene rings is 3. The largest absolute Gasteiger partial charge is 0.494 e. The van der Waals surface area contributed by atoms with Crippen LogP contribution >= 0.6 is 11.6 Å². The van der Waals surface area contributed by atoms with Gasteiger partial charge in [0.1, 0.15) is 5.75 Å². The van der Waals surface area contributed by atoms with Gasteiger partial charge in [-0.15, -0.1) is 0 Å². The van der Waals surface area contributed by atoms with E-state index in [-0.39, 0.29) is 5.75 Å². The van der Waals surface area contributed by atoms with Crippen LogP contribution in [0.2, 0.25) is 5.02 Å². The molecule has 0 aliphatic heterocycles. The van der Waals surface area contributed by atoms with Gasteiger partial charge in [0.25, 0.3) is 0 Å². The first-order valence-corrected chi connectivity index (χ1v) is 11.4. The third kappa shape index (κ3) is 7.31. The Balaban J connectivity index is 1.63. The zero-order chi connectivity index (χ0) is 25.9. The maximum Gasteiger partial charge on any atom is 0.343 e. The number of nitrogens with zero attached hydrogens (tertiary/aromatic N) is 1. The number of amides is 2. The molecule has 9 nitrogen and oxygen atoms in total. The lowest BCUT2D eigenvalue weighted by atomic mass is 10.2. The van der Waals surface area contributed by atoms with Crippen LogP contribution in [-0.2, 0) is 9.59 Å². The van der Waals surface area contributed by atoms with Gasteiger partial charge in [0.05, 0.1) is 35.7 Å². The molecule has 186 valence electrons. The van der Waals surface area contributed by atoms with E-state index < -0.39 is 17.8 Å². The van der Waals surface area contributed by atoms with E-state index in [9.17, 15) is 14.4 Å². The number of para-hydroxylation sites is 1. The molecule has 10 heteroatoms. The molecule has 0 atom stereocenters. The molecule has 36 heavy (non-hydrogen) atoms. The van der Waals surface area contributed by atoms with Gasteiger partial charge in [-0.05, 0) is 74.0 Å². The molecule has 0 aliphatic carbocycles. The van der Waals surface area contributed by atoms with Gasteiger partial charge < -0.3 is 19.5 Å². The van der Waals surface area contributed by atoms with Gasteiger partial charge in [0.2, 0.25) is 0 Å². The van der Waals surface area contributed by atoms with Crippen molar-refractivity contribution in [2.75, 3.05) is 18.5 Å². The van der Waals surface area contributed by atoms with Gasteiger partial charge >= 0.3 is 17.8 Å². The summed E-state index contributed by atoms with van der Waals surface area (Å²) in [5.41, 5.74) is 3.33. The SMILES string of the molecule is CCOc1ccc(C(=O)Oc2ccc(/C=N/NC(=O)C(=O)Nc3ccccc3Cl)cc2OCC)cc1. The zero-order valence-electron chi connectivity index (χ0n) is 19.6. The summed E-state index contributed by atoms with van der Waals surface area (Å²) in [6.07, 6.45) is 1.32. The van der Waals surface area contributed by atoms with Crippen molar-refractivity contribution in [3.8, 4) is 17.2 Å². The molecule has 2 amide bonds. The maximum absolute atomic E-state index is 12.5. The molecule has 0 saturated heterocycles. The van der Waals surface area contributed by atoms with E-state index in [1.807, 2.05) is 6.92 Å². The van der Waals surface area contributed by atoms with Crippen LogP contribution in [0.15, 0.2) is 71.8 Å². The molecule has 0 bridgehead atoms. The second-order valence-electron chi connectivity index (χ2n) is 7.12. The lowest BCUT2D eigenvalue weighted by Crippen LogP contribution is -2.32. The van der Waals surface area contributed by atoms with Crippen LogP contribution in [0.4, 0.5) is 5.69 Å². The molecule has 3 aromatic carbocycles. The summed E-state index contributed by atoms with van der Waals surface area (Å²) in [7, 11) is 0. The number of hydrogen-bond donors (Lipinski definition) is 2. The minimum absolute atomic E-state index is 0.219. The highest BCUT2D eigenvalue weighted by Crippen LogP contribution is 2.29. The monoisotopic (exact) mass is 509 g/mol. The molecule has 0 spiro atoms. The van der Waals surface area contributed by atoms with Crippen molar-refractivity contribution in [1.82, 2.24) is 5.43 Å². The van der Waals surface area contributed by atoms with Crippen molar-refractivity contribution in [2.45, 2.75) is 13.8 Å². The predicted molar refractivity (Wildman–Crippen MR) is 136 cm³/mol. The molecule has 0 fully saturated rings. The minimum Gasteiger partial charge on any atom is -0.494 e. The van der Waals surface area contributed by atoms with Gasteiger partial charge in [-0.3, -0.25) is 9.59 Å². The minimum atomic E-state index is -0.975. The molecule has 3 rings (SSSR count). The van der Waals surface area contributed by atoms with E-state index in [1.165, 1.54) is 6.21 Å². The lowest BCUT2D eigenvalue weighted by molar-refractivity contribution is -0.136.